The second kappa shape index (κ2) is 4.15. The molecule has 19 heavy (non-hydrogen) atoms. The lowest BCUT2D eigenvalue weighted by atomic mass is 9.90. The molecule has 1 aliphatic rings. The van der Waals surface area contributed by atoms with E-state index in [0.29, 0.717) is 10.6 Å². The molecule has 1 N–H and O–H groups in total. The van der Waals surface area contributed by atoms with Gasteiger partial charge in [0.2, 0.25) is 11.5 Å². The molecule has 2 aromatic carbocycles. The van der Waals surface area contributed by atoms with Crippen LogP contribution >= 0.6 is 11.6 Å². The third-order valence-electron chi connectivity index (χ3n) is 3.47. The summed E-state index contributed by atoms with van der Waals surface area (Å²) in [7, 11) is 0. The lowest BCUT2D eigenvalue weighted by Gasteiger charge is -2.22. The summed E-state index contributed by atoms with van der Waals surface area (Å²) in [4.78, 5) is 12.2. The highest BCUT2D eigenvalue weighted by atomic mass is 35.5. The second-order valence-corrected chi connectivity index (χ2v) is 4.97. The fraction of sp³-hybridized carbons (Fsp3) is 0.133. The number of aliphatic hydroxyl groups is 1. The van der Waals surface area contributed by atoms with E-state index < -0.39 is 17.6 Å². The zero-order valence-corrected chi connectivity index (χ0v) is 10.6. The molecule has 0 saturated carbocycles. The monoisotopic (exact) mass is 276 g/mol. The van der Waals surface area contributed by atoms with Crippen molar-refractivity contribution >= 4 is 17.4 Å². The van der Waals surface area contributed by atoms with Crippen LogP contribution in [0.4, 0.5) is 4.39 Å². The minimum absolute atomic E-state index is 0.116. The number of fused-ring (bicyclic) bond motifs is 1. The Labute approximate surface area is 114 Å². The second-order valence-electron chi connectivity index (χ2n) is 4.54. The molecule has 2 nitrogen and oxygen atoms in total. The molecule has 3 rings (SSSR count). The number of alkyl halides is 1. The summed E-state index contributed by atoms with van der Waals surface area (Å²) in [5, 5.41) is 10.6. The highest BCUT2D eigenvalue weighted by Gasteiger charge is 2.54. The Balaban J connectivity index is 2.16. The van der Waals surface area contributed by atoms with Crippen LogP contribution in [0.3, 0.4) is 0 Å². The summed E-state index contributed by atoms with van der Waals surface area (Å²) < 4.78 is 15.1. The largest absolute Gasteiger partial charge is 0.384 e. The van der Waals surface area contributed by atoms with Crippen molar-refractivity contribution in [3.8, 4) is 0 Å². The molecule has 0 radical (unpaired) electrons. The van der Waals surface area contributed by atoms with Crippen molar-refractivity contribution < 1.29 is 14.3 Å². The Morgan fingerprint density at radius 1 is 1.11 bits per heavy atom. The first-order valence-electron chi connectivity index (χ1n) is 5.82. The first-order chi connectivity index (χ1) is 9.05. The zero-order chi connectivity index (χ0) is 13.6. The third kappa shape index (κ3) is 1.62. The van der Waals surface area contributed by atoms with Crippen molar-refractivity contribution in [1.29, 1.82) is 0 Å². The Kier molecular flexibility index (Phi) is 2.69. The van der Waals surface area contributed by atoms with Gasteiger partial charge in [-0.15, -0.1) is 0 Å². The minimum atomic E-state index is -2.44. The van der Waals surface area contributed by atoms with Gasteiger partial charge < -0.3 is 5.11 Å². The number of ketones is 1. The topological polar surface area (TPSA) is 37.3 Å². The van der Waals surface area contributed by atoms with Gasteiger partial charge in [-0.1, -0.05) is 48.0 Å². The predicted octanol–water partition coefficient (Wildman–Crippen LogP) is 3.43. The van der Waals surface area contributed by atoms with E-state index in [-0.39, 0.29) is 11.1 Å². The van der Waals surface area contributed by atoms with Crippen molar-refractivity contribution in [3.05, 3.63) is 70.2 Å². The van der Waals surface area contributed by atoms with Crippen LogP contribution in [0.1, 0.15) is 27.6 Å². The number of hydrogen-bond donors (Lipinski definition) is 1. The van der Waals surface area contributed by atoms with E-state index in [0.717, 1.165) is 0 Å². The Morgan fingerprint density at radius 2 is 1.74 bits per heavy atom. The number of benzene rings is 2. The highest BCUT2D eigenvalue weighted by Crippen LogP contribution is 2.48. The van der Waals surface area contributed by atoms with Gasteiger partial charge in [-0.3, -0.25) is 4.79 Å². The molecule has 0 bridgehead atoms. The van der Waals surface area contributed by atoms with E-state index in [1.807, 2.05) is 0 Å². The van der Waals surface area contributed by atoms with E-state index in [1.165, 1.54) is 30.3 Å². The molecule has 0 aliphatic heterocycles. The molecule has 96 valence electrons. The lowest BCUT2D eigenvalue weighted by molar-refractivity contribution is 0.00747. The van der Waals surface area contributed by atoms with E-state index in [9.17, 15) is 9.90 Å². The summed E-state index contributed by atoms with van der Waals surface area (Å²) >= 11 is 5.76. The summed E-state index contributed by atoms with van der Waals surface area (Å²) in [6.07, 6.45) is -1.49. The van der Waals surface area contributed by atoms with Crippen LogP contribution in [0, 0.1) is 0 Å². The quantitative estimate of drug-likeness (QED) is 0.866. The lowest BCUT2D eigenvalue weighted by Crippen LogP contribution is -2.31. The van der Waals surface area contributed by atoms with Crippen LogP contribution < -0.4 is 0 Å². The van der Waals surface area contributed by atoms with Crippen LogP contribution in [0.5, 0.6) is 0 Å². The molecule has 1 aliphatic carbocycles. The van der Waals surface area contributed by atoms with Gasteiger partial charge in [0.1, 0.15) is 6.10 Å². The van der Waals surface area contributed by atoms with Crippen LogP contribution in [-0.2, 0) is 5.67 Å². The standard InChI is InChI=1S/C15H10ClFO2/c16-10-7-5-9(6-8-10)15(17)13(18)11-3-1-2-4-12(11)14(15)19/h1-8,13,18H. The molecule has 2 aromatic rings. The molecule has 0 heterocycles. The smallest absolute Gasteiger partial charge is 0.228 e. The zero-order valence-electron chi connectivity index (χ0n) is 9.81. The van der Waals surface area contributed by atoms with E-state index in [2.05, 4.69) is 0 Å². The van der Waals surface area contributed by atoms with Crippen LogP contribution in [-0.4, -0.2) is 10.9 Å². The molecule has 2 atom stereocenters. The molecule has 0 amide bonds. The average molecular weight is 277 g/mol. The highest BCUT2D eigenvalue weighted by molar-refractivity contribution is 6.30. The third-order valence-corrected chi connectivity index (χ3v) is 3.72. The Bertz CT molecular complexity index is 653. The summed E-state index contributed by atoms with van der Waals surface area (Å²) in [5.74, 6) is -0.710. The van der Waals surface area contributed by atoms with Crippen molar-refractivity contribution in [2.24, 2.45) is 0 Å². The molecule has 0 fully saturated rings. The predicted molar refractivity (Wildman–Crippen MR) is 70.0 cm³/mol. The average Bonchev–Trinajstić information content (AvgIpc) is 2.63. The van der Waals surface area contributed by atoms with Gasteiger partial charge in [0.15, 0.2) is 0 Å². The maximum Gasteiger partial charge on any atom is 0.228 e. The van der Waals surface area contributed by atoms with Crippen molar-refractivity contribution in [1.82, 2.24) is 0 Å². The molecule has 0 saturated heterocycles. The first kappa shape index (κ1) is 12.3. The van der Waals surface area contributed by atoms with Gasteiger partial charge in [0, 0.05) is 16.1 Å². The molecular formula is C15H10ClFO2. The fourth-order valence-corrected chi connectivity index (χ4v) is 2.58. The van der Waals surface area contributed by atoms with Crippen LogP contribution in [0.2, 0.25) is 5.02 Å². The number of halogens is 2. The van der Waals surface area contributed by atoms with Crippen molar-refractivity contribution in [2.75, 3.05) is 0 Å². The molecule has 4 heteroatoms. The van der Waals surface area contributed by atoms with Crippen LogP contribution in [0.25, 0.3) is 0 Å². The maximum atomic E-state index is 15.1. The van der Waals surface area contributed by atoms with Gasteiger partial charge in [-0.25, -0.2) is 4.39 Å². The Hall–Kier alpha value is -1.71. The molecular weight excluding hydrogens is 267 g/mol. The summed E-state index contributed by atoms with van der Waals surface area (Å²) in [6, 6.07) is 12.3. The minimum Gasteiger partial charge on any atom is -0.384 e. The molecule has 0 spiro atoms. The molecule has 0 aromatic heterocycles. The first-order valence-corrected chi connectivity index (χ1v) is 6.19. The number of carbonyl (C=O) groups excluding carboxylic acids is 1. The number of carbonyl (C=O) groups is 1. The Morgan fingerprint density at radius 3 is 2.37 bits per heavy atom. The SMILES string of the molecule is O=C1c2ccccc2C(O)C1(F)c1ccc(Cl)cc1. The van der Waals surface area contributed by atoms with E-state index in [1.54, 1.807) is 18.2 Å². The van der Waals surface area contributed by atoms with Crippen LogP contribution in [0.15, 0.2) is 48.5 Å². The summed E-state index contributed by atoms with van der Waals surface area (Å²) in [6.45, 7) is 0. The maximum absolute atomic E-state index is 15.1. The number of hydrogen-bond acceptors (Lipinski definition) is 2. The van der Waals surface area contributed by atoms with Crippen molar-refractivity contribution in [3.63, 3.8) is 0 Å². The number of rotatable bonds is 1. The van der Waals surface area contributed by atoms with Gasteiger partial charge in [-0.05, 0) is 17.7 Å². The summed E-state index contributed by atoms with van der Waals surface area (Å²) in [5.41, 5.74) is -1.77. The normalized spacial score (nSPS) is 25.4. The van der Waals surface area contributed by atoms with E-state index >= 15 is 4.39 Å². The van der Waals surface area contributed by atoms with E-state index in [4.69, 9.17) is 11.6 Å². The van der Waals surface area contributed by atoms with Gasteiger partial charge in [0.25, 0.3) is 0 Å². The van der Waals surface area contributed by atoms with Crippen molar-refractivity contribution in [2.45, 2.75) is 11.8 Å². The number of aliphatic hydroxyl groups excluding tert-OH is 1. The van der Waals surface area contributed by atoms with Gasteiger partial charge in [-0.2, -0.15) is 0 Å². The molecule has 2 unspecified atom stereocenters. The van der Waals surface area contributed by atoms with Gasteiger partial charge in [0.05, 0.1) is 0 Å². The fourth-order valence-electron chi connectivity index (χ4n) is 2.46. The number of Topliss-reactive ketones (excluding diaryl/α,β-unsaturated/α-hetero) is 1. The van der Waals surface area contributed by atoms with Gasteiger partial charge >= 0.3 is 0 Å².